The lowest BCUT2D eigenvalue weighted by Gasteiger charge is -2.36. The van der Waals surface area contributed by atoms with Crippen LogP contribution < -0.4 is 10.1 Å². The van der Waals surface area contributed by atoms with E-state index >= 15 is 0 Å². The summed E-state index contributed by atoms with van der Waals surface area (Å²) < 4.78 is 11.0. The molecule has 2 heterocycles. The van der Waals surface area contributed by atoms with Gasteiger partial charge in [0.1, 0.15) is 18.1 Å². The molecule has 0 saturated carbocycles. The number of nitrogens with zero attached hydrogens (tertiary/aromatic N) is 4. The van der Waals surface area contributed by atoms with Crippen LogP contribution in [0.25, 0.3) is 0 Å². The van der Waals surface area contributed by atoms with Gasteiger partial charge >= 0.3 is 0 Å². The van der Waals surface area contributed by atoms with Crippen LogP contribution in [-0.2, 0) is 6.54 Å². The number of aliphatic imine (C=N–C) groups is 1. The Labute approximate surface area is 194 Å². The second-order valence-corrected chi connectivity index (χ2v) is 7.17. The molecule has 0 bridgehead atoms. The van der Waals surface area contributed by atoms with Crippen molar-refractivity contribution in [1.82, 2.24) is 20.3 Å². The van der Waals surface area contributed by atoms with E-state index < -0.39 is 0 Å². The molecule has 1 N–H and O–H groups in total. The third-order valence-electron chi connectivity index (χ3n) is 4.83. The Hall–Kier alpha value is -1.52. The van der Waals surface area contributed by atoms with E-state index in [-0.39, 0.29) is 30.1 Å². The Kier molecular flexibility index (Phi) is 10.0. The van der Waals surface area contributed by atoms with Gasteiger partial charge < -0.3 is 19.5 Å². The SMILES string of the molecule is CCC(CNC(=NC)N1CCN(Cc2ccon2)CC1)Oc1ccccc1Cl.I. The van der Waals surface area contributed by atoms with Crippen molar-refractivity contribution in [2.45, 2.75) is 26.0 Å². The number of nitrogens with one attached hydrogen (secondary N) is 1. The Morgan fingerprint density at radius 1 is 1.28 bits per heavy atom. The summed E-state index contributed by atoms with van der Waals surface area (Å²) in [4.78, 5) is 9.10. The van der Waals surface area contributed by atoms with Crippen LogP contribution in [0.3, 0.4) is 0 Å². The monoisotopic (exact) mass is 533 g/mol. The van der Waals surface area contributed by atoms with Crippen LogP contribution in [0.5, 0.6) is 5.75 Å². The number of aromatic nitrogens is 1. The molecule has 1 unspecified atom stereocenters. The quantitative estimate of drug-likeness (QED) is 0.334. The lowest BCUT2D eigenvalue weighted by molar-refractivity contribution is 0.165. The standard InChI is InChI=1S/C20H28ClN5O2.HI/c1-3-17(28-19-7-5-4-6-18(19)21)14-23-20(22-2)26-11-9-25(10-12-26)15-16-8-13-27-24-16;/h4-8,13,17H,3,9-12,14-15H2,1-2H3,(H,22,23);1H. The second-order valence-electron chi connectivity index (χ2n) is 6.76. The van der Waals surface area contributed by atoms with E-state index in [0.717, 1.165) is 50.8 Å². The summed E-state index contributed by atoms with van der Waals surface area (Å²) in [6, 6.07) is 9.48. The summed E-state index contributed by atoms with van der Waals surface area (Å²) in [6.07, 6.45) is 2.51. The molecule has 7 nitrogen and oxygen atoms in total. The molecule has 9 heteroatoms. The zero-order valence-corrected chi connectivity index (χ0v) is 20.0. The zero-order chi connectivity index (χ0) is 19.8. The normalized spacial score (nSPS) is 16.2. The van der Waals surface area contributed by atoms with Crippen LogP contribution in [0.1, 0.15) is 19.0 Å². The van der Waals surface area contributed by atoms with Gasteiger partial charge in [-0.15, -0.1) is 24.0 Å². The van der Waals surface area contributed by atoms with Gasteiger partial charge in [0.25, 0.3) is 0 Å². The van der Waals surface area contributed by atoms with Gasteiger partial charge in [-0.25, -0.2) is 0 Å². The number of guanidine groups is 1. The van der Waals surface area contributed by atoms with E-state index in [4.69, 9.17) is 20.9 Å². The molecule has 160 valence electrons. The molecule has 1 aromatic heterocycles. The van der Waals surface area contributed by atoms with Crippen molar-refractivity contribution in [2.24, 2.45) is 4.99 Å². The van der Waals surface area contributed by atoms with Crippen LogP contribution in [0, 0.1) is 0 Å². The summed E-state index contributed by atoms with van der Waals surface area (Å²) in [6.45, 7) is 7.35. The van der Waals surface area contributed by atoms with E-state index in [1.807, 2.05) is 37.4 Å². The number of halogens is 2. The third-order valence-corrected chi connectivity index (χ3v) is 5.15. The zero-order valence-electron chi connectivity index (χ0n) is 16.9. The Bertz CT molecular complexity index is 751. The topological polar surface area (TPSA) is 66.1 Å². The van der Waals surface area contributed by atoms with Crippen molar-refractivity contribution in [1.29, 1.82) is 0 Å². The first-order valence-electron chi connectivity index (χ1n) is 9.68. The Morgan fingerprint density at radius 3 is 2.66 bits per heavy atom. The summed E-state index contributed by atoms with van der Waals surface area (Å²) in [5, 5.41) is 8.07. The van der Waals surface area contributed by atoms with Gasteiger partial charge in [-0.05, 0) is 18.6 Å². The third kappa shape index (κ3) is 7.04. The van der Waals surface area contributed by atoms with Crippen LogP contribution in [-0.4, -0.2) is 66.8 Å². The van der Waals surface area contributed by atoms with E-state index in [1.54, 1.807) is 6.26 Å². The van der Waals surface area contributed by atoms with E-state index in [9.17, 15) is 0 Å². The lowest BCUT2D eigenvalue weighted by Crippen LogP contribution is -2.53. The molecule has 3 rings (SSSR count). The maximum absolute atomic E-state index is 6.21. The first kappa shape index (κ1) is 23.8. The minimum atomic E-state index is 0. The fraction of sp³-hybridized carbons (Fsp3) is 0.500. The van der Waals surface area contributed by atoms with Gasteiger partial charge in [0.2, 0.25) is 0 Å². The maximum atomic E-state index is 6.21. The smallest absolute Gasteiger partial charge is 0.193 e. The molecule has 29 heavy (non-hydrogen) atoms. The molecule has 1 atom stereocenters. The van der Waals surface area contributed by atoms with E-state index in [2.05, 4.69) is 32.2 Å². The highest BCUT2D eigenvalue weighted by Crippen LogP contribution is 2.24. The highest BCUT2D eigenvalue weighted by Gasteiger charge is 2.21. The molecule has 1 saturated heterocycles. The fourth-order valence-corrected chi connectivity index (χ4v) is 3.37. The van der Waals surface area contributed by atoms with Crippen LogP contribution in [0.15, 0.2) is 46.1 Å². The van der Waals surface area contributed by atoms with Crippen LogP contribution >= 0.6 is 35.6 Å². The first-order chi connectivity index (χ1) is 13.7. The molecular weight excluding hydrogens is 505 g/mol. The number of piperazine rings is 1. The molecule has 2 aromatic rings. The number of ether oxygens (including phenoxy) is 1. The molecule has 0 radical (unpaired) electrons. The van der Waals surface area contributed by atoms with Gasteiger partial charge in [-0.1, -0.05) is 35.8 Å². The molecule has 1 aromatic carbocycles. The van der Waals surface area contributed by atoms with Crippen molar-refractivity contribution in [2.75, 3.05) is 39.8 Å². The molecule has 0 amide bonds. The predicted octanol–water partition coefficient (Wildman–Crippen LogP) is 3.50. The van der Waals surface area contributed by atoms with Gasteiger partial charge in [0.05, 0.1) is 17.3 Å². The largest absolute Gasteiger partial charge is 0.487 e. The minimum absolute atomic E-state index is 0. The average molecular weight is 534 g/mol. The van der Waals surface area contributed by atoms with Gasteiger partial charge in [0, 0.05) is 45.8 Å². The van der Waals surface area contributed by atoms with Crippen molar-refractivity contribution in [3.63, 3.8) is 0 Å². The summed E-state index contributed by atoms with van der Waals surface area (Å²) in [5.74, 6) is 1.62. The highest BCUT2D eigenvalue weighted by atomic mass is 127. The summed E-state index contributed by atoms with van der Waals surface area (Å²) in [7, 11) is 1.82. The number of para-hydroxylation sites is 1. The first-order valence-corrected chi connectivity index (χ1v) is 10.1. The molecular formula is C20H29ClIN5O2. The number of benzene rings is 1. The highest BCUT2D eigenvalue weighted by molar-refractivity contribution is 14.0. The predicted molar refractivity (Wildman–Crippen MR) is 126 cm³/mol. The maximum Gasteiger partial charge on any atom is 0.193 e. The van der Waals surface area contributed by atoms with Crippen molar-refractivity contribution in [3.8, 4) is 5.75 Å². The second kappa shape index (κ2) is 12.2. The fourth-order valence-electron chi connectivity index (χ4n) is 3.19. The average Bonchev–Trinajstić information content (AvgIpc) is 3.23. The molecule has 1 fully saturated rings. The Morgan fingerprint density at radius 2 is 2.03 bits per heavy atom. The van der Waals surface area contributed by atoms with Crippen molar-refractivity contribution >= 4 is 41.5 Å². The molecule has 1 aliphatic rings. The van der Waals surface area contributed by atoms with Crippen molar-refractivity contribution in [3.05, 3.63) is 47.3 Å². The van der Waals surface area contributed by atoms with Crippen LogP contribution in [0.2, 0.25) is 5.02 Å². The summed E-state index contributed by atoms with van der Waals surface area (Å²) >= 11 is 6.21. The minimum Gasteiger partial charge on any atom is -0.487 e. The molecule has 0 spiro atoms. The van der Waals surface area contributed by atoms with Gasteiger partial charge in [-0.2, -0.15) is 0 Å². The molecule has 1 aliphatic heterocycles. The van der Waals surface area contributed by atoms with Gasteiger partial charge in [-0.3, -0.25) is 9.89 Å². The van der Waals surface area contributed by atoms with E-state index in [1.165, 1.54) is 0 Å². The molecule has 0 aliphatic carbocycles. The lowest BCUT2D eigenvalue weighted by atomic mass is 10.2. The van der Waals surface area contributed by atoms with Gasteiger partial charge in [0.15, 0.2) is 5.96 Å². The van der Waals surface area contributed by atoms with Crippen LogP contribution in [0.4, 0.5) is 0 Å². The number of hydrogen-bond acceptors (Lipinski definition) is 5. The number of rotatable bonds is 7. The van der Waals surface area contributed by atoms with E-state index in [0.29, 0.717) is 17.3 Å². The number of hydrogen-bond donors (Lipinski definition) is 1. The Balaban J connectivity index is 0.00000300. The summed E-state index contributed by atoms with van der Waals surface area (Å²) in [5.41, 5.74) is 0.971. The van der Waals surface area contributed by atoms with Crippen molar-refractivity contribution < 1.29 is 9.26 Å².